The maximum atomic E-state index is 10.3. The summed E-state index contributed by atoms with van der Waals surface area (Å²) in [6.45, 7) is 3.91. The summed E-state index contributed by atoms with van der Waals surface area (Å²) in [5, 5.41) is 10.3. The van der Waals surface area contributed by atoms with Crippen molar-refractivity contribution in [2.75, 3.05) is 12.8 Å². The summed E-state index contributed by atoms with van der Waals surface area (Å²) in [6.07, 6.45) is 1.58. The minimum absolute atomic E-state index is 0.436. The van der Waals surface area contributed by atoms with Crippen LogP contribution in [0.5, 0.6) is 5.75 Å². The van der Waals surface area contributed by atoms with Gasteiger partial charge in [0.15, 0.2) is 0 Å². The summed E-state index contributed by atoms with van der Waals surface area (Å²) in [7, 11) is 1.65. The first-order chi connectivity index (χ1) is 9.52. The molecule has 0 fully saturated rings. The van der Waals surface area contributed by atoms with E-state index < -0.39 is 6.10 Å². The van der Waals surface area contributed by atoms with Crippen LogP contribution in [0.1, 0.15) is 28.5 Å². The lowest BCUT2D eigenvalue weighted by Gasteiger charge is -2.15. The average Bonchev–Trinajstić information content (AvgIpc) is 2.42. The molecule has 0 aliphatic rings. The van der Waals surface area contributed by atoms with Gasteiger partial charge in [0.05, 0.1) is 13.2 Å². The van der Waals surface area contributed by atoms with E-state index in [9.17, 15) is 5.11 Å². The maximum absolute atomic E-state index is 10.3. The van der Waals surface area contributed by atoms with Crippen molar-refractivity contribution in [2.45, 2.75) is 26.4 Å². The van der Waals surface area contributed by atoms with Crippen molar-refractivity contribution in [1.29, 1.82) is 0 Å². The lowest BCUT2D eigenvalue weighted by Crippen LogP contribution is -2.07. The van der Waals surface area contributed by atoms with Crippen LogP contribution in [-0.4, -0.2) is 17.2 Å². The van der Waals surface area contributed by atoms with Crippen LogP contribution in [0.2, 0.25) is 0 Å². The molecule has 2 aromatic rings. The highest BCUT2D eigenvalue weighted by Crippen LogP contribution is 2.27. The summed E-state index contributed by atoms with van der Waals surface area (Å²) < 4.78 is 5.38. The number of nitrogens with zero attached hydrogens (tertiary/aromatic N) is 1. The SMILES string of the molecule is COc1c(C)cnc(CC(O)c2cccc(N)c2)c1C. The standard InChI is InChI=1S/C16H20N2O2/c1-10-9-18-14(11(2)16(10)20-3)8-15(19)12-5-4-6-13(17)7-12/h4-7,9,15,19H,8,17H2,1-3H3. The van der Waals surface area contributed by atoms with Crippen LogP contribution in [0.4, 0.5) is 5.69 Å². The molecule has 0 aliphatic carbocycles. The topological polar surface area (TPSA) is 68.4 Å². The fraction of sp³-hybridized carbons (Fsp3) is 0.312. The summed E-state index contributed by atoms with van der Waals surface area (Å²) >= 11 is 0. The van der Waals surface area contributed by atoms with Crippen molar-refractivity contribution in [1.82, 2.24) is 4.98 Å². The average molecular weight is 272 g/mol. The molecule has 3 N–H and O–H groups in total. The van der Waals surface area contributed by atoms with Crippen LogP contribution < -0.4 is 10.5 Å². The fourth-order valence-electron chi connectivity index (χ4n) is 2.34. The number of methoxy groups -OCH3 is 1. The highest BCUT2D eigenvalue weighted by molar-refractivity contribution is 5.43. The van der Waals surface area contributed by atoms with E-state index in [-0.39, 0.29) is 0 Å². The summed E-state index contributed by atoms with van der Waals surface area (Å²) in [5.74, 6) is 0.828. The Balaban J connectivity index is 2.26. The zero-order valence-corrected chi connectivity index (χ0v) is 12.1. The number of nitrogen functional groups attached to an aromatic ring is 1. The summed E-state index contributed by atoms with van der Waals surface area (Å²) in [4.78, 5) is 4.40. The second kappa shape index (κ2) is 5.92. The number of pyridine rings is 1. The molecule has 106 valence electrons. The number of aliphatic hydroxyl groups is 1. The minimum Gasteiger partial charge on any atom is -0.496 e. The van der Waals surface area contributed by atoms with Gasteiger partial charge in [0.25, 0.3) is 0 Å². The molecule has 1 aromatic carbocycles. The van der Waals surface area contributed by atoms with Crippen molar-refractivity contribution < 1.29 is 9.84 Å². The molecule has 1 aromatic heterocycles. The molecule has 4 nitrogen and oxygen atoms in total. The van der Waals surface area contributed by atoms with Gasteiger partial charge in [-0.15, -0.1) is 0 Å². The fourth-order valence-corrected chi connectivity index (χ4v) is 2.34. The molecule has 0 amide bonds. The molecule has 20 heavy (non-hydrogen) atoms. The monoisotopic (exact) mass is 272 g/mol. The molecule has 0 spiro atoms. The lowest BCUT2D eigenvalue weighted by atomic mass is 10.0. The number of ether oxygens (including phenoxy) is 1. The van der Waals surface area contributed by atoms with E-state index in [0.29, 0.717) is 12.1 Å². The molecule has 1 atom stereocenters. The van der Waals surface area contributed by atoms with Crippen LogP contribution in [-0.2, 0) is 6.42 Å². The van der Waals surface area contributed by atoms with Crippen molar-refractivity contribution in [2.24, 2.45) is 0 Å². The van der Waals surface area contributed by atoms with E-state index in [2.05, 4.69) is 4.98 Å². The number of aliphatic hydroxyl groups excluding tert-OH is 1. The predicted octanol–water partition coefficient (Wildman–Crippen LogP) is 2.57. The summed E-state index contributed by atoms with van der Waals surface area (Å²) in [5.41, 5.74) is 9.98. The molecule has 4 heteroatoms. The Morgan fingerprint density at radius 3 is 2.75 bits per heavy atom. The van der Waals surface area contributed by atoms with E-state index in [1.165, 1.54) is 0 Å². The Hall–Kier alpha value is -2.07. The first kappa shape index (κ1) is 14.3. The van der Waals surface area contributed by atoms with E-state index in [1.807, 2.05) is 26.0 Å². The van der Waals surface area contributed by atoms with Gasteiger partial charge in [-0.2, -0.15) is 0 Å². The molecular formula is C16H20N2O2. The zero-order valence-electron chi connectivity index (χ0n) is 12.1. The van der Waals surface area contributed by atoms with Gasteiger partial charge >= 0.3 is 0 Å². The number of aromatic nitrogens is 1. The van der Waals surface area contributed by atoms with Gasteiger partial charge in [0.2, 0.25) is 0 Å². The minimum atomic E-state index is -0.628. The highest BCUT2D eigenvalue weighted by atomic mass is 16.5. The Bertz CT molecular complexity index is 611. The summed E-state index contributed by atoms with van der Waals surface area (Å²) in [6, 6.07) is 7.28. The quantitative estimate of drug-likeness (QED) is 0.839. The molecule has 0 bridgehead atoms. The van der Waals surface area contributed by atoms with Gasteiger partial charge < -0.3 is 15.6 Å². The smallest absolute Gasteiger partial charge is 0.128 e. The van der Waals surface area contributed by atoms with Crippen LogP contribution in [0, 0.1) is 13.8 Å². The van der Waals surface area contributed by atoms with E-state index in [1.54, 1.807) is 25.4 Å². The molecule has 0 aliphatic heterocycles. The zero-order chi connectivity index (χ0) is 14.7. The predicted molar refractivity (Wildman–Crippen MR) is 79.8 cm³/mol. The Morgan fingerprint density at radius 1 is 1.35 bits per heavy atom. The van der Waals surface area contributed by atoms with Gasteiger partial charge in [-0.05, 0) is 31.5 Å². The van der Waals surface area contributed by atoms with E-state index in [4.69, 9.17) is 10.5 Å². The number of anilines is 1. The lowest BCUT2D eigenvalue weighted by molar-refractivity contribution is 0.177. The molecular weight excluding hydrogens is 252 g/mol. The Labute approximate surface area is 119 Å². The first-order valence-corrected chi connectivity index (χ1v) is 6.55. The van der Waals surface area contributed by atoms with Crippen LogP contribution in [0.3, 0.4) is 0 Å². The third-order valence-corrected chi connectivity index (χ3v) is 3.43. The number of nitrogens with two attached hydrogens (primary N) is 1. The molecule has 1 heterocycles. The first-order valence-electron chi connectivity index (χ1n) is 6.55. The second-order valence-electron chi connectivity index (χ2n) is 4.94. The number of benzene rings is 1. The molecule has 2 rings (SSSR count). The highest BCUT2D eigenvalue weighted by Gasteiger charge is 2.15. The van der Waals surface area contributed by atoms with Crippen molar-refractivity contribution in [3.63, 3.8) is 0 Å². The van der Waals surface area contributed by atoms with Crippen molar-refractivity contribution in [3.8, 4) is 5.75 Å². The number of rotatable bonds is 4. The third kappa shape index (κ3) is 2.91. The van der Waals surface area contributed by atoms with Crippen LogP contribution in [0.25, 0.3) is 0 Å². The Morgan fingerprint density at radius 2 is 2.10 bits per heavy atom. The van der Waals surface area contributed by atoms with Gasteiger partial charge in [0, 0.05) is 35.1 Å². The number of hydrogen-bond acceptors (Lipinski definition) is 4. The molecule has 0 saturated carbocycles. The van der Waals surface area contributed by atoms with Crippen molar-refractivity contribution >= 4 is 5.69 Å². The van der Waals surface area contributed by atoms with Gasteiger partial charge in [0.1, 0.15) is 5.75 Å². The third-order valence-electron chi connectivity index (χ3n) is 3.43. The molecule has 1 unspecified atom stereocenters. The van der Waals surface area contributed by atoms with E-state index >= 15 is 0 Å². The van der Waals surface area contributed by atoms with Crippen molar-refractivity contribution in [3.05, 3.63) is 52.8 Å². The molecule has 0 radical (unpaired) electrons. The van der Waals surface area contributed by atoms with Gasteiger partial charge in [-0.1, -0.05) is 12.1 Å². The van der Waals surface area contributed by atoms with Crippen LogP contribution in [0.15, 0.2) is 30.5 Å². The largest absolute Gasteiger partial charge is 0.496 e. The second-order valence-corrected chi connectivity index (χ2v) is 4.94. The van der Waals surface area contributed by atoms with E-state index in [0.717, 1.165) is 28.1 Å². The normalized spacial score (nSPS) is 12.2. The van der Waals surface area contributed by atoms with Gasteiger partial charge in [-0.3, -0.25) is 4.98 Å². The van der Waals surface area contributed by atoms with Crippen LogP contribution >= 0.6 is 0 Å². The number of hydrogen-bond donors (Lipinski definition) is 2. The number of aryl methyl sites for hydroxylation is 1. The van der Waals surface area contributed by atoms with Gasteiger partial charge in [-0.25, -0.2) is 0 Å². The molecule has 0 saturated heterocycles. The Kier molecular flexibility index (Phi) is 4.25. The maximum Gasteiger partial charge on any atom is 0.128 e.